The number of hydrogen-bond acceptors (Lipinski definition) is 6. The summed E-state index contributed by atoms with van der Waals surface area (Å²) >= 11 is 1.83. The Bertz CT molecular complexity index is 585. The van der Waals surface area contributed by atoms with E-state index in [9.17, 15) is 0 Å². The van der Waals surface area contributed by atoms with Crippen LogP contribution in [0.5, 0.6) is 0 Å². The second kappa shape index (κ2) is 7.38. The largest absolute Gasteiger partial charge is 0.384 e. The van der Waals surface area contributed by atoms with E-state index in [2.05, 4.69) is 41.3 Å². The standard InChI is InChI=1S/C15H22N4OS/c1-4-20-9-15-18-13(16)8-14(19-15)17-10(2)7-12-6-5-11(3)21-12/h5-6,8,10H,4,7,9H2,1-3H3,(H3,16,17,18,19). The maximum atomic E-state index is 5.82. The molecular weight excluding hydrogens is 284 g/mol. The van der Waals surface area contributed by atoms with Gasteiger partial charge in [-0.05, 0) is 32.9 Å². The molecule has 5 nitrogen and oxygen atoms in total. The summed E-state index contributed by atoms with van der Waals surface area (Å²) in [4.78, 5) is 11.3. The van der Waals surface area contributed by atoms with Gasteiger partial charge in [0.15, 0.2) is 5.82 Å². The molecule has 0 radical (unpaired) electrons. The summed E-state index contributed by atoms with van der Waals surface area (Å²) < 4.78 is 5.33. The van der Waals surface area contributed by atoms with Crippen molar-refractivity contribution < 1.29 is 4.74 Å². The van der Waals surface area contributed by atoms with Crippen molar-refractivity contribution in [1.29, 1.82) is 0 Å². The summed E-state index contributed by atoms with van der Waals surface area (Å²) in [5.41, 5.74) is 5.82. The van der Waals surface area contributed by atoms with Crippen molar-refractivity contribution in [2.45, 2.75) is 39.8 Å². The van der Waals surface area contributed by atoms with Crippen molar-refractivity contribution in [3.05, 3.63) is 33.8 Å². The van der Waals surface area contributed by atoms with Gasteiger partial charge >= 0.3 is 0 Å². The molecule has 2 aromatic rings. The molecule has 0 amide bonds. The summed E-state index contributed by atoms with van der Waals surface area (Å²) in [6, 6.07) is 6.35. The fourth-order valence-electron chi connectivity index (χ4n) is 2.05. The fraction of sp³-hybridized carbons (Fsp3) is 0.467. The summed E-state index contributed by atoms with van der Waals surface area (Å²) in [6.07, 6.45) is 0.962. The molecule has 2 aromatic heterocycles. The molecule has 2 heterocycles. The van der Waals surface area contributed by atoms with Gasteiger partial charge in [0.2, 0.25) is 0 Å². The van der Waals surface area contributed by atoms with Gasteiger partial charge in [-0.3, -0.25) is 0 Å². The maximum Gasteiger partial charge on any atom is 0.158 e. The molecule has 2 rings (SSSR count). The first-order chi connectivity index (χ1) is 10.1. The highest BCUT2D eigenvalue weighted by Crippen LogP contribution is 2.18. The Hall–Kier alpha value is -1.66. The van der Waals surface area contributed by atoms with Gasteiger partial charge in [0.1, 0.15) is 18.2 Å². The molecule has 0 fully saturated rings. The molecule has 0 aliphatic heterocycles. The zero-order valence-electron chi connectivity index (χ0n) is 12.7. The normalized spacial score (nSPS) is 12.3. The first-order valence-electron chi connectivity index (χ1n) is 7.10. The predicted octanol–water partition coefficient (Wildman–Crippen LogP) is 3.01. The zero-order valence-corrected chi connectivity index (χ0v) is 13.5. The molecule has 0 aromatic carbocycles. The molecular formula is C15H22N4OS. The lowest BCUT2D eigenvalue weighted by Crippen LogP contribution is -2.19. The SMILES string of the molecule is CCOCc1nc(N)cc(NC(C)Cc2ccc(C)s2)n1. The number of anilines is 2. The number of ether oxygens (including phenoxy) is 1. The average molecular weight is 306 g/mol. The van der Waals surface area contributed by atoms with Crippen LogP contribution < -0.4 is 11.1 Å². The van der Waals surface area contributed by atoms with E-state index in [1.165, 1.54) is 9.75 Å². The molecule has 0 saturated heterocycles. The minimum Gasteiger partial charge on any atom is -0.384 e. The van der Waals surface area contributed by atoms with Crippen molar-refractivity contribution in [2.75, 3.05) is 17.7 Å². The lowest BCUT2D eigenvalue weighted by Gasteiger charge is -2.14. The number of nitrogens with zero attached hydrogens (tertiary/aromatic N) is 2. The highest BCUT2D eigenvalue weighted by molar-refractivity contribution is 7.11. The molecule has 6 heteroatoms. The van der Waals surface area contributed by atoms with E-state index >= 15 is 0 Å². The minimum absolute atomic E-state index is 0.275. The van der Waals surface area contributed by atoms with E-state index in [1.54, 1.807) is 6.07 Å². The molecule has 1 unspecified atom stereocenters. The number of thiophene rings is 1. The van der Waals surface area contributed by atoms with Crippen LogP contribution in [0.3, 0.4) is 0 Å². The lowest BCUT2D eigenvalue weighted by molar-refractivity contribution is 0.128. The van der Waals surface area contributed by atoms with Crippen LogP contribution in [0, 0.1) is 6.92 Å². The van der Waals surface area contributed by atoms with E-state index in [-0.39, 0.29) is 6.04 Å². The van der Waals surface area contributed by atoms with E-state index in [4.69, 9.17) is 10.5 Å². The third-order valence-electron chi connectivity index (χ3n) is 2.93. The number of rotatable bonds is 7. The van der Waals surface area contributed by atoms with Crippen molar-refractivity contribution in [3.8, 4) is 0 Å². The van der Waals surface area contributed by atoms with Gasteiger partial charge in [0, 0.05) is 34.9 Å². The Kier molecular flexibility index (Phi) is 5.52. The van der Waals surface area contributed by atoms with E-state index < -0.39 is 0 Å². The highest BCUT2D eigenvalue weighted by Gasteiger charge is 2.08. The van der Waals surface area contributed by atoms with Crippen LogP contribution in [0.4, 0.5) is 11.6 Å². The first kappa shape index (κ1) is 15.7. The Balaban J connectivity index is 1.99. The van der Waals surface area contributed by atoms with Crippen LogP contribution in [-0.2, 0) is 17.8 Å². The van der Waals surface area contributed by atoms with Gasteiger partial charge in [0.25, 0.3) is 0 Å². The fourth-order valence-corrected chi connectivity index (χ4v) is 3.07. The second-order valence-corrected chi connectivity index (χ2v) is 6.37. The van der Waals surface area contributed by atoms with Crippen molar-refractivity contribution in [1.82, 2.24) is 9.97 Å². The molecule has 0 spiro atoms. The molecule has 114 valence electrons. The number of aryl methyl sites for hydroxylation is 1. The topological polar surface area (TPSA) is 73.1 Å². The molecule has 0 bridgehead atoms. The summed E-state index contributed by atoms with van der Waals surface area (Å²) in [5.74, 6) is 1.82. The third kappa shape index (κ3) is 4.99. The quantitative estimate of drug-likeness (QED) is 0.822. The molecule has 0 saturated carbocycles. The van der Waals surface area contributed by atoms with Crippen molar-refractivity contribution in [3.63, 3.8) is 0 Å². The molecule has 0 aliphatic rings. The van der Waals surface area contributed by atoms with Gasteiger partial charge < -0.3 is 15.8 Å². The average Bonchev–Trinajstić information content (AvgIpc) is 2.80. The molecule has 0 aliphatic carbocycles. The number of nitrogen functional groups attached to an aromatic ring is 1. The minimum atomic E-state index is 0.275. The Morgan fingerprint density at radius 2 is 2.19 bits per heavy atom. The number of aromatic nitrogens is 2. The zero-order chi connectivity index (χ0) is 15.2. The van der Waals surface area contributed by atoms with Crippen LogP contribution in [0.2, 0.25) is 0 Å². The summed E-state index contributed by atoms with van der Waals surface area (Å²) in [7, 11) is 0. The number of nitrogens with one attached hydrogen (secondary N) is 1. The van der Waals surface area contributed by atoms with Gasteiger partial charge in [-0.25, -0.2) is 9.97 Å². The van der Waals surface area contributed by atoms with Gasteiger partial charge in [-0.1, -0.05) is 0 Å². The van der Waals surface area contributed by atoms with E-state index in [0.29, 0.717) is 24.9 Å². The van der Waals surface area contributed by atoms with Crippen LogP contribution in [0.1, 0.15) is 29.4 Å². The Labute approximate surface area is 129 Å². The number of nitrogens with two attached hydrogens (primary N) is 1. The van der Waals surface area contributed by atoms with Crippen LogP contribution in [0.25, 0.3) is 0 Å². The van der Waals surface area contributed by atoms with Crippen LogP contribution in [0.15, 0.2) is 18.2 Å². The summed E-state index contributed by atoms with van der Waals surface area (Å²) in [6.45, 7) is 7.22. The maximum absolute atomic E-state index is 5.82. The lowest BCUT2D eigenvalue weighted by atomic mass is 10.2. The predicted molar refractivity (Wildman–Crippen MR) is 87.6 cm³/mol. The molecule has 1 atom stereocenters. The monoisotopic (exact) mass is 306 g/mol. The van der Waals surface area contributed by atoms with Crippen molar-refractivity contribution >= 4 is 23.0 Å². The van der Waals surface area contributed by atoms with Crippen LogP contribution >= 0.6 is 11.3 Å². The second-order valence-electron chi connectivity index (χ2n) is 4.99. The van der Waals surface area contributed by atoms with Gasteiger partial charge in [-0.2, -0.15) is 0 Å². The summed E-state index contributed by atoms with van der Waals surface area (Å²) in [5, 5.41) is 3.38. The highest BCUT2D eigenvalue weighted by atomic mass is 32.1. The van der Waals surface area contributed by atoms with Crippen molar-refractivity contribution in [2.24, 2.45) is 0 Å². The molecule has 21 heavy (non-hydrogen) atoms. The van der Waals surface area contributed by atoms with E-state index in [0.717, 1.165) is 12.2 Å². The van der Waals surface area contributed by atoms with Gasteiger partial charge in [-0.15, -0.1) is 11.3 Å². The number of hydrogen-bond donors (Lipinski definition) is 2. The smallest absolute Gasteiger partial charge is 0.158 e. The van der Waals surface area contributed by atoms with Gasteiger partial charge in [0.05, 0.1) is 0 Å². The van der Waals surface area contributed by atoms with Crippen LogP contribution in [-0.4, -0.2) is 22.6 Å². The van der Waals surface area contributed by atoms with E-state index in [1.807, 2.05) is 18.3 Å². The Morgan fingerprint density at radius 3 is 2.86 bits per heavy atom. The Morgan fingerprint density at radius 1 is 1.38 bits per heavy atom. The molecule has 3 N–H and O–H groups in total. The third-order valence-corrected chi connectivity index (χ3v) is 3.95. The first-order valence-corrected chi connectivity index (χ1v) is 7.91.